The Balaban J connectivity index is 0.000000479. The second-order valence-corrected chi connectivity index (χ2v) is 11.9. The fourth-order valence-corrected chi connectivity index (χ4v) is 5.94. The fourth-order valence-electron chi connectivity index (χ4n) is 3.65. The number of aromatic nitrogens is 2. The molecule has 3 heterocycles. The Morgan fingerprint density at radius 2 is 1.82 bits per heavy atom. The van der Waals surface area contributed by atoms with Gasteiger partial charge in [-0.1, -0.05) is 0 Å². The van der Waals surface area contributed by atoms with Crippen molar-refractivity contribution in [3.8, 4) is 0 Å². The van der Waals surface area contributed by atoms with Gasteiger partial charge in [0.2, 0.25) is 26.0 Å². The van der Waals surface area contributed by atoms with Crippen molar-refractivity contribution < 1.29 is 39.9 Å². The van der Waals surface area contributed by atoms with Gasteiger partial charge in [0.1, 0.15) is 4.90 Å². The molecular weight excluding hydrogens is 491 g/mol. The minimum Gasteiger partial charge on any atom is -0.475 e. The number of aliphatic carboxylic acids is 1. The number of hydrogen-bond donors (Lipinski definition) is 1. The molecule has 2 aliphatic heterocycles. The van der Waals surface area contributed by atoms with Crippen molar-refractivity contribution in [1.82, 2.24) is 18.6 Å². The second kappa shape index (κ2) is 9.31. The molecule has 33 heavy (non-hydrogen) atoms. The minimum atomic E-state index is -5.08. The van der Waals surface area contributed by atoms with E-state index in [1.807, 2.05) is 18.9 Å². The Kier molecular flexibility index (Phi) is 7.67. The van der Waals surface area contributed by atoms with Crippen LogP contribution in [0.3, 0.4) is 0 Å². The van der Waals surface area contributed by atoms with Gasteiger partial charge >= 0.3 is 12.1 Å². The largest absolute Gasteiger partial charge is 0.490 e. The Morgan fingerprint density at radius 3 is 2.24 bits per heavy atom. The van der Waals surface area contributed by atoms with Gasteiger partial charge in [-0.15, -0.1) is 0 Å². The number of anilines is 1. The normalized spacial score (nSPS) is 20.5. The molecule has 0 aliphatic carbocycles. The molecule has 11 nitrogen and oxygen atoms in total. The maximum absolute atomic E-state index is 12.7. The van der Waals surface area contributed by atoms with Gasteiger partial charge in [-0.05, 0) is 19.8 Å². The van der Waals surface area contributed by atoms with Crippen molar-refractivity contribution in [2.24, 2.45) is 0 Å². The van der Waals surface area contributed by atoms with Crippen LogP contribution < -0.4 is 4.90 Å². The average molecular weight is 518 g/mol. The smallest absolute Gasteiger partial charge is 0.475 e. The van der Waals surface area contributed by atoms with Gasteiger partial charge in [-0.2, -0.15) is 17.5 Å². The van der Waals surface area contributed by atoms with Crippen LogP contribution in [-0.4, -0.2) is 99.2 Å². The van der Waals surface area contributed by atoms with Crippen LogP contribution in [0.15, 0.2) is 11.1 Å². The molecule has 2 aliphatic rings. The number of sulfonamides is 2. The molecule has 0 saturated carbocycles. The summed E-state index contributed by atoms with van der Waals surface area (Å²) in [6.45, 7) is 3.67. The van der Waals surface area contributed by atoms with Crippen molar-refractivity contribution >= 4 is 32.0 Å². The lowest BCUT2D eigenvalue weighted by Crippen LogP contribution is -2.54. The lowest BCUT2D eigenvalue weighted by atomic mass is 9.75. The zero-order valence-corrected chi connectivity index (χ0v) is 20.1. The van der Waals surface area contributed by atoms with Gasteiger partial charge in [0, 0.05) is 45.7 Å². The Labute approximate surface area is 190 Å². The first kappa shape index (κ1) is 27.2. The molecule has 1 N–H and O–H groups in total. The third-order valence-electron chi connectivity index (χ3n) is 5.67. The molecule has 16 heteroatoms. The average Bonchev–Trinajstić information content (AvgIpc) is 2.71. The van der Waals surface area contributed by atoms with E-state index in [1.165, 1.54) is 21.1 Å². The molecule has 1 aromatic rings. The van der Waals surface area contributed by atoms with E-state index in [4.69, 9.17) is 9.90 Å². The van der Waals surface area contributed by atoms with Crippen LogP contribution >= 0.6 is 0 Å². The maximum atomic E-state index is 12.7. The highest BCUT2D eigenvalue weighted by Gasteiger charge is 2.49. The molecule has 188 valence electrons. The topological polar surface area (TPSA) is 141 Å². The van der Waals surface area contributed by atoms with Crippen LogP contribution in [0.5, 0.6) is 0 Å². The van der Waals surface area contributed by atoms with E-state index in [9.17, 15) is 30.0 Å². The van der Waals surface area contributed by atoms with Crippen molar-refractivity contribution in [1.29, 1.82) is 0 Å². The third-order valence-corrected chi connectivity index (χ3v) is 8.77. The zero-order chi connectivity index (χ0) is 25.4. The molecule has 1 spiro atoms. The molecule has 1 fully saturated rings. The van der Waals surface area contributed by atoms with Crippen molar-refractivity contribution in [3.05, 3.63) is 11.9 Å². The van der Waals surface area contributed by atoms with Crippen molar-refractivity contribution in [2.45, 2.75) is 36.3 Å². The lowest BCUT2D eigenvalue weighted by molar-refractivity contribution is -0.192. The summed E-state index contributed by atoms with van der Waals surface area (Å²) in [7, 11) is -3.49. The number of piperidine rings is 1. The first-order valence-corrected chi connectivity index (χ1v) is 13.0. The molecule has 0 bridgehead atoms. The van der Waals surface area contributed by atoms with Gasteiger partial charge in [0.05, 0.1) is 18.1 Å². The zero-order valence-electron chi connectivity index (χ0n) is 18.5. The predicted molar refractivity (Wildman–Crippen MR) is 112 cm³/mol. The van der Waals surface area contributed by atoms with E-state index < -0.39 is 37.6 Å². The molecule has 0 aromatic carbocycles. The van der Waals surface area contributed by atoms with E-state index in [0.717, 1.165) is 0 Å². The highest BCUT2D eigenvalue weighted by atomic mass is 32.2. The predicted octanol–water partition coefficient (Wildman–Crippen LogP) is 0.493. The second-order valence-electron chi connectivity index (χ2n) is 7.90. The van der Waals surface area contributed by atoms with Gasteiger partial charge in [-0.25, -0.2) is 35.9 Å². The molecule has 0 amide bonds. The Hall–Kier alpha value is -2.04. The summed E-state index contributed by atoms with van der Waals surface area (Å²) in [5, 5.41) is 7.12. The molecule has 0 radical (unpaired) electrons. The number of hydrogen-bond acceptors (Lipinski definition) is 8. The van der Waals surface area contributed by atoms with E-state index in [1.54, 1.807) is 7.05 Å². The summed E-state index contributed by atoms with van der Waals surface area (Å²) < 4.78 is 83.7. The highest BCUT2D eigenvalue weighted by Crippen LogP contribution is 2.43. The number of halogens is 3. The number of carbonyl (C=O) groups is 1. The van der Waals surface area contributed by atoms with Crippen LogP contribution in [-0.2, 0) is 30.3 Å². The molecule has 3 rings (SSSR count). The minimum absolute atomic E-state index is 0.132. The summed E-state index contributed by atoms with van der Waals surface area (Å²) in [5.41, 5.74) is 0.0251. The molecule has 1 saturated heterocycles. The number of carboxylic acids is 1. The van der Waals surface area contributed by atoms with Crippen LogP contribution in [0, 0.1) is 0 Å². The van der Waals surface area contributed by atoms with E-state index in [-0.39, 0.29) is 4.90 Å². The number of fused-ring (bicyclic) bond motifs is 2. The van der Waals surface area contributed by atoms with Crippen molar-refractivity contribution in [2.75, 3.05) is 51.4 Å². The lowest BCUT2D eigenvalue weighted by Gasteiger charge is -2.45. The van der Waals surface area contributed by atoms with E-state index in [0.29, 0.717) is 50.7 Å². The number of carboxylic acid groups (broad SMARTS) is 1. The fraction of sp³-hybridized carbons (Fsp3) is 0.706. The summed E-state index contributed by atoms with van der Waals surface area (Å²) >= 11 is 0. The van der Waals surface area contributed by atoms with E-state index >= 15 is 0 Å². The summed E-state index contributed by atoms with van der Waals surface area (Å²) in [6, 6.07) is 0. The van der Waals surface area contributed by atoms with Crippen LogP contribution in [0.1, 0.15) is 25.5 Å². The summed E-state index contributed by atoms with van der Waals surface area (Å²) in [4.78, 5) is 19.7. The number of likely N-dealkylation sites (N-methyl/N-ethyl adjacent to an activating group) is 1. The van der Waals surface area contributed by atoms with Crippen LogP contribution in [0.4, 0.5) is 19.1 Å². The van der Waals surface area contributed by atoms with Gasteiger partial charge in [0.25, 0.3) is 0 Å². The quantitative estimate of drug-likeness (QED) is 0.606. The highest BCUT2D eigenvalue weighted by molar-refractivity contribution is 7.89. The molecule has 0 unspecified atom stereocenters. The Morgan fingerprint density at radius 1 is 1.30 bits per heavy atom. The summed E-state index contributed by atoms with van der Waals surface area (Å²) in [5.74, 6) is -2.27. The summed E-state index contributed by atoms with van der Waals surface area (Å²) in [6.07, 6.45) is -1.44. The van der Waals surface area contributed by atoms with Gasteiger partial charge < -0.3 is 10.0 Å². The first-order chi connectivity index (χ1) is 15.0. The molecule has 1 aromatic heterocycles. The maximum Gasteiger partial charge on any atom is 0.490 e. The Bertz CT molecular complexity index is 1100. The number of rotatable bonds is 3. The number of nitrogens with zero attached hydrogens (tertiary/aromatic N) is 5. The van der Waals surface area contributed by atoms with Gasteiger partial charge in [0.15, 0.2) is 0 Å². The SMILES string of the molecule is CCN(C)c1ncc2c(n1)C1(CCN(S(C)(=O)=O)CC1)CN(C)S2(=O)=O.O=C(O)C(F)(F)F. The monoisotopic (exact) mass is 517 g/mol. The number of alkyl halides is 3. The standard InChI is InChI=1S/C15H25N5O4S2.C2HF3O2/c1-5-18(2)14-16-10-12-13(17-14)15(11-19(3)26(12,23)24)6-8-20(9-7-15)25(4,21)22;3-2(4,5)1(6)7/h10H,5-9,11H2,1-4H3;(H,6,7). The third kappa shape index (κ3) is 5.73. The molecule has 0 atom stereocenters. The van der Waals surface area contributed by atoms with E-state index in [2.05, 4.69) is 9.97 Å². The molecular formula is C17H26F3N5O6S2. The van der Waals surface area contributed by atoms with Crippen LogP contribution in [0.25, 0.3) is 0 Å². The van der Waals surface area contributed by atoms with Gasteiger partial charge in [-0.3, -0.25) is 0 Å². The van der Waals surface area contributed by atoms with Crippen LogP contribution in [0.2, 0.25) is 0 Å². The first-order valence-electron chi connectivity index (χ1n) is 9.76. The van der Waals surface area contributed by atoms with Crippen molar-refractivity contribution in [3.63, 3.8) is 0 Å².